The van der Waals surface area contributed by atoms with Gasteiger partial charge in [-0.3, -0.25) is 0 Å². The lowest BCUT2D eigenvalue weighted by molar-refractivity contribution is 0.439. The Morgan fingerprint density at radius 2 is 2.19 bits per heavy atom. The number of aromatic nitrogens is 1. The third-order valence-electron chi connectivity index (χ3n) is 4.51. The first-order valence-corrected chi connectivity index (χ1v) is 7.92. The van der Waals surface area contributed by atoms with Crippen LogP contribution in [0.4, 0.5) is 0 Å². The fourth-order valence-electron chi connectivity index (χ4n) is 2.98. The Hall–Kier alpha value is -1.79. The van der Waals surface area contributed by atoms with Crippen LogP contribution in [0, 0.1) is 16.7 Å². The Bertz CT molecular complexity index is 659. The first kappa shape index (κ1) is 14.2. The summed E-state index contributed by atoms with van der Waals surface area (Å²) in [5, 5.41) is 13.7. The van der Waals surface area contributed by atoms with Crippen LogP contribution in [-0.4, -0.2) is 11.1 Å². The van der Waals surface area contributed by atoms with E-state index in [2.05, 4.69) is 53.3 Å². The summed E-state index contributed by atoms with van der Waals surface area (Å²) < 4.78 is 2.34. The zero-order valence-electron chi connectivity index (χ0n) is 12.7. The van der Waals surface area contributed by atoms with Gasteiger partial charge in [-0.25, -0.2) is 0 Å². The van der Waals surface area contributed by atoms with E-state index in [9.17, 15) is 0 Å². The van der Waals surface area contributed by atoms with Crippen LogP contribution in [0.15, 0.2) is 30.5 Å². The molecule has 0 aliphatic heterocycles. The van der Waals surface area contributed by atoms with Crippen molar-refractivity contribution in [3.8, 4) is 6.07 Å². The molecule has 1 saturated carbocycles. The maximum atomic E-state index is 8.98. The fourth-order valence-corrected chi connectivity index (χ4v) is 2.98. The molecule has 3 rings (SSSR count). The second-order valence-corrected chi connectivity index (χ2v) is 6.35. The van der Waals surface area contributed by atoms with E-state index < -0.39 is 0 Å². The Morgan fingerprint density at radius 1 is 1.33 bits per heavy atom. The molecule has 0 amide bonds. The Labute approximate surface area is 126 Å². The fraction of sp³-hybridized carbons (Fsp3) is 0.500. The number of hydrogen-bond donors (Lipinski definition) is 1. The van der Waals surface area contributed by atoms with Crippen molar-refractivity contribution in [2.45, 2.75) is 45.7 Å². The van der Waals surface area contributed by atoms with Crippen LogP contribution >= 0.6 is 0 Å². The number of hydrogen-bond acceptors (Lipinski definition) is 2. The summed E-state index contributed by atoms with van der Waals surface area (Å²) >= 11 is 0. The van der Waals surface area contributed by atoms with Crippen molar-refractivity contribution >= 4 is 10.9 Å². The quantitative estimate of drug-likeness (QED) is 0.783. The van der Waals surface area contributed by atoms with E-state index in [1.54, 1.807) is 0 Å². The van der Waals surface area contributed by atoms with E-state index >= 15 is 0 Å². The van der Waals surface area contributed by atoms with Crippen molar-refractivity contribution in [2.75, 3.05) is 6.54 Å². The molecule has 0 spiro atoms. The van der Waals surface area contributed by atoms with Gasteiger partial charge in [0.05, 0.1) is 6.07 Å². The van der Waals surface area contributed by atoms with Crippen LogP contribution in [0.5, 0.6) is 0 Å². The molecule has 3 heteroatoms. The molecule has 1 N–H and O–H groups in total. The van der Waals surface area contributed by atoms with Gasteiger partial charge in [-0.05, 0) is 48.9 Å². The van der Waals surface area contributed by atoms with Gasteiger partial charge in [-0.2, -0.15) is 5.26 Å². The van der Waals surface area contributed by atoms with Crippen molar-refractivity contribution < 1.29 is 0 Å². The van der Waals surface area contributed by atoms with E-state index in [1.807, 2.05) is 0 Å². The van der Waals surface area contributed by atoms with Crippen LogP contribution in [0.1, 0.15) is 38.2 Å². The largest absolute Gasteiger partial charge is 0.347 e. The van der Waals surface area contributed by atoms with Crippen LogP contribution < -0.4 is 5.32 Å². The number of nitriles is 1. The highest BCUT2D eigenvalue weighted by atomic mass is 15.0. The van der Waals surface area contributed by atoms with Crippen LogP contribution in [-0.2, 0) is 13.1 Å². The summed E-state index contributed by atoms with van der Waals surface area (Å²) in [6.07, 6.45) is 6.40. The molecule has 1 aromatic carbocycles. The smallest absolute Gasteiger partial charge is 0.0628 e. The topological polar surface area (TPSA) is 40.8 Å². The molecule has 0 radical (unpaired) electrons. The molecule has 0 bridgehead atoms. The van der Waals surface area contributed by atoms with Crippen molar-refractivity contribution in [1.82, 2.24) is 9.88 Å². The standard InChI is InChI=1S/C18H23N3/c1-2-10-20-13-15-3-4-16-5-11-21(17(16)12-15)14-18(6-7-18)8-9-19/h3-5,11-12,20H,2,6-8,10,13-14H2,1H3. The number of rotatable bonds is 7. The Morgan fingerprint density at radius 3 is 2.90 bits per heavy atom. The summed E-state index contributed by atoms with van der Waals surface area (Å²) in [6.45, 7) is 5.16. The minimum absolute atomic E-state index is 0.247. The van der Waals surface area contributed by atoms with E-state index in [-0.39, 0.29) is 5.41 Å². The summed E-state index contributed by atoms with van der Waals surface area (Å²) in [6, 6.07) is 11.2. The lowest BCUT2D eigenvalue weighted by Gasteiger charge is -2.14. The van der Waals surface area contributed by atoms with Gasteiger partial charge in [0.25, 0.3) is 0 Å². The molecule has 2 aromatic rings. The lowest BCUT2D eigenvalue weighted by atomic mass is 10.0. The summed E-state index contributed by atoms with van der Waals surface area (Å²) in [5.74, 6) is 0. The van der Waals surface area contributed by atoms with Gasteiger partial charge in [0.1, 0.15) is 0 Å². The summed E-state index contributed by atoms with van der Waals surface area (Å²) in [7, 11) is 0. The molecular formula is C18H23N3. The van der Waals surface area contributed by atoms with Crippen molar-refractivity contribution in [3.05, 3.63) is 36.0 Å². The first-order chi connectivity index (χ1) is 10.3. The molecule has 3 nitrogen and oxygen atoms in total. The Balaban J connectivity index is 1.79. The maximum Gasteiger partial charge on any atom is 0.0628 e. The van der Waals surface area contributed by atoms with Crippen LogP contribution in [0.3, 0.4) is 0 Å². The van der Waals surface area contributed by atoms with E-state index in [0.717, 1.165) is 26.1 Å². The zero-order chi connectivity index (χ0) is 14.7. The number of nitrogens with one attached hydrogen (secondary N) is 1. The van der Waals surface area contributed by atoms with Gasteiger partial charge in [-0.15, -0.1) is 0 Å². The first-order valence-electron chi connectivity index (χ1n) is 7.92. The minimum atomic E-state index is 0.247. The molecule has 0 atom stereocenters. The number of benzene rings is 1. The molecule has 1 aromatic heterocycles. The van der Waals surface area contributed by atoms with Gasteiger partial charge in [0.15, 0.2) is 0 Å². The SMILES string of the molecule is CCCNCc1ccc2ccn(CC3(CC#N)CC3)c2c1. The van der Waals surface area contributed by atoms with Gasteiger partial charge < -0.3 is 9.88 Å². The van der Waals surface area contributed by atoms with Crippen molar-refractivity contribution in [2.24, 2.45) is 5.41 Å². The molecule has 1 heterocycles. The minimum Gasteiger partial charge on any atom is -0.347 e. The number of nitrogens with zero attached hydrogens (tertiary/aromatic N) is 2. The maximum absolute atomic E-state index is 8.98. The van der Waals surface area contributed by atoms with E-state index in [1.165, 1.54) is 29.3 Å². The highest BCUT2D eigenvalue weighted by molar-refractivity contribution is 5.80. The predicted molar refractivity (Wildman–Crippen MR) is 85.8 cm³/mol. The average molecular weight is 281 g/mol. The van der Waals surface area contributed by atoms with E-state index in [0.29, 0.717) is 6.42 Å². The number of fused-ring (bicyclic) bond motifs is 1. The van der Waals surface area contributed by atoms with Crippen molar-refractivity contribution in [3.63, 3.8) is 0 Å². The van der Waals surface area contributed by atoms with Gasteiger partial charge in [0, 0.05) is 36.6 Å². The van der Waals surface area contributed by atoms with Gasteiger partial charge in [-0.1, -0.05) is 19.1 Å². The molecule has 1 aliphatic carbocycles. The molecule has 1 fully saturated rings. The molecule has 1 aliphatic rings. The monoisotopic (exact) mass is 281 g/mol. The van der Waals surface area contributed by atoms with Gasteiger partial charge >= 0.3 is 0 Å². The summed E-state index contributed by atoms with van der Waals surface area (Å²) in [5.41, 5.74) is 2.88. The Kier molecular flexibility index (Phi) is 3.98. The van der Waals surface area contributed by atoms with Crippen molar-refractivity contribution in [1.29, 1.82) is 5.26 Å². The molecule has 0 saturated heterocycles. The third kappa shape index (κ3) is 3.11. The van der Waals surface area contributed by atoms with Crippen LogP contribution in [0.25, 0.3) is 10.9 Å². The normalized spacial score (nSPS) is 16.0. The third-order valence-corrected chi connectivity index (χ3v) is 4.51. The molecule has 21 heavy (non-hydrogen) atoms. The summed E-state index contributed by atoms with van der Waals surface area (Å²) in [4.78, 5) is 0. The second kappa shape index (κ2) is 5.91. The van der Waals surface area contributed by atoms with E-state index in [4.69, 9.17) is 5.26 Å². The molecule has 0 unspecified atom stereocenters. The average Bonchev–Trinajstić information content (AvgIpc) is 3.13. The second-order valence-electron chi connectivity index (χ2n) is 6.35. The predicted octanol–water partition coefficient (Wildman–Crippen LogP) is 3.83. The lowest BCUT2D eigenvalue weighted by Crippen LogP contribution is -2.14. The highest BCUT2D eigenvalue weighted by Crippen LogP contribution is 2.50. The molecule has 110 valence electrons. The highest BCUT2D eigenvalue weighted by Gasteiger charge is 2.42. The van der Waals surface area contributed by atoms with Crippen LogP contribution in [0.2, 0.25) is 0 Å². The van der Waals surface area contributed by atoms with Gasteiger partial charge in [0.2, 0.25) is 0 Å². The zero-order valence-corrected chi connectivity index (χ0v) is 12.7. The molecular weight excluding hydrogens is 258 g/mol.